The molecule has 1 amide bonds. The monoisotopic (exact) mass is 332 g/mol. The topological polar surface area (TPSA) is 71.3 Å². The van der Waals surface area contributed by atoms with Crippen molar-refractivity contribution in [1.29, 1.82) is 5.26 Å². The summed E-state index contributed by atoms with van der Waals surface area (Å²) in [6.07, 6.45) is 6.67. The maximum absolute atomic E-state index is 12.3. The summed E-state index contributed by atoms with van der Waals surface area (Å²) in [4.78, 5) is 12.3. The summed E-state index contributed by atoms with van der Waals surface area (Å²) >= 11 is 0. The Morgan fingerprint density at radius 2 is 2.04 bits per heavy atom. The number of anilines is 1. The Morgan fingerprint density at radius 3 is 2.68 bits per heavy atom. The number of carbonyl (C=O) groups is 1. The molecule has 2 aromatic rings. The molecule has 2 aromatic carbocycles. The second-order valence-electron chi connectivity index (χ2n) is 4.89. The highest BCUT2D eigenvalue weighted by atomic mass is 16.5. The predicted molar refractivity (Wildman–Crippen MR) is 96.0 cm³/mol. The van der Waals surface area contributed by atoms with Crippen LogP contribution in [0.4, 0.5) is 5.69 Å². The molecule has 0 heterocycles. The maximum atomic E-state index is 12.3. The first-order valence-electron chi connectivity index (χ1n) is 7.40. The Kier molecular flexibility index (Phi) is 6.22. The molecule has 0 aliphatic heterocycles. The zero-order chi connectivity index (χ0) is 18.1. The highest BCUT2D eigenvalue weighted by Gasteiger charge is 2.12. The van der Waals surface area contributed by atoms with Gasteiger partial charge in [-0.1, -0.05) is 24.1 Å². The summed E-state index contributed by atoms with van der Waals surface area (Å²) in [5, 5.41) is 12.0. The van der Waals surface area contributed by atoms with E-state index in [-0.39, 0.29) is 12.2 Å². The fourth-order valence-corrected chi connectivity index (χ4v) is 2.03. The molecule has 0 aliphatic rings. The molecular weight excluding hydrogens is 316 g/mol. The summed E-state index contributed by atoms with van der Waals surface area (Å²) < 4.78 is 10.6. The van der Waals surface area contributed by atoms with Crippen LogP contribution in [-0.4, -0.2) is 19.6 Å². The lowest BCUT2D eigenvalue weighted by atomic mass is 10.1. The van der Waals surface area contributed by atoms with Crippen LogP contribution in [0.3, 0.4) is 0 Å². The van der Waals surface area contributed by atoms with Gasteiger partial charge in [-0.3, -0.25) is 4.79 Å². The van der Waals surface area contributed by atoms with Gasteiger partial charge in [0.15, 0.2) is 0 Å². The van der Waals surface area contributed by atoms with E-state index in [4.69, 9.17) is 15.9 Å². The van der Waals surface area contributed by atoms with Crippen LogP contribution in [0.5, 0.6) is 11.5 Å². The zero-order valence-corrected chi connectivity index (χ0v) is 13.7. The van der Waals surface area contributed by atoms with Gasteiger partial charge in [-0.25, -0.2) is 0 Å². The van der Waals surface area contributed by atoms with E-state index < -0.39 is 5.91 Å². The Morgan fingerprint density at radius 1 is 1.28 bits per heavy atom. The van der Waals surface area contributed by atoms with Crippen molar-refractivity contribution in [3.8, 4) is 29.9 Å². The van der Waals surface area contributed by atoms with Crippen LogP contribution >= 0.6 is 0 Å². The Hall–Kier alpha value is -3.70. The van der Waals surface area contributed by atoms with E-state index in [2.05, 4.69) is 11.2 Å². The fraction of sp³-hybridized carbons (Fsp3) is 0.100. The number of methoxy groups -OCH3 is 1. The lowest BCUT2D eigenvalue weighted by molar-refractivity contribution is -0.112. The molecule has 1 N–H and O–H groups in total. The summed E-state index contributed by atoms with van der Waals surface area (Å²) in [5.74, 6) is 2.88. The first-order valence-corrected chi connectivity index (χ1v) is 7.40. The lowest BCUT2D eigenvalue weighted by Gasteiger charge is -2.10. The van der Waals surface area contributed by atoms with Crippen molar-refractivity contribution in [3.63, 3.8) is 0 Å². The number of amides is 1. The van der Waals surface area contributed by atoms with E-state index in [1.54, 1.807) is 42.5 Å². The number of terminal acetylenes is 1. The van der Waals surface area contributed by atoms with Gasteiger partial charge in [-0.15, -0.1) is 6.42 Å². The van der Waals surface area contributed by atoms with Crippen molar-refractivity contribution in [3.05, 3.63) is 59.7 Å². The molecule has 0 saturated carbocycles. The quantitative estimate of drug-likeness (QED) is 0.501. The minimum absolute atomic E-state index is 0.0559. The fourth-order valence-electron chi connectivity index (χ4n) is 2.03. The number of para-hydroxylation sites is 1. The third kappa shape index (κ3) is 4.89. The molecule has 124 valence electrons. The minimum atomic E-state index is -0.507. The van der Waals surface area contributed by atoms with Gasteiger partial charge in [0.1, 0.15) is 29.7 Å². The molecule has 0 saturated heterocycles. The summed E-state index contributed by atoms with van der Waals surface area (Å²) in [7, 11) is 1.53. The average molecular weight is 332 g/mol. The van der Waals surface area contributed by atoms with E-state index in [1.165, 1.54) is 13.2 Å². The number of nitriles is 1. The summed E-state index contributed by atoms with van der Waals surface area (Å²) in [5.41, 5.74) is 1.10. The van der Waals surface area contributed by atoms with Gasteiger partial charge in [-0.05, 0) is 30.3 Å². The minimum Gasteiger partial charge on any atom is -0.497 e. The van der Waals surface area contributed by atoms with Crippen molar-refractivity contribution in [2.75, 3.05) is 19.0 Å². The molecule has 0 spiro atoms. The highest BCUT2D eigenvalue weighted by molar-refractivity contribution is 6.09. The van der Waals surface area contributed by atoms with Gasteiger partial charge in [0.25, 0.3) is 5.91 Å². The molecule has 0 aliphatic carbocycles. The number of hydrogen-bond donors (Lipinski definition) is 1. The van der Waals surface area contributed by atoms with Crippen LogP contribution < -0.4 is 14.8 Å². The SMILES string of the molecule is C#CCOc1cc(OC)ccc1/C=C(\C#N)C(=O)Nc1ccccc1. The zero-order valence-electron chi connectivity index (χ0n) is 13.7. The van der Waals surface area contributed by atoms with Gasteiger partial charge < -0.3 is 14.8 Å². The van der Waals surface area contributed by atoms with E-state index in [1.807, 2.05) is 12.1 Å². The van der Waals surface area contributed by atoms with Crippen LogP contribution in [0.15, 0.2) is 54.1 Å². The van der Waals surface area contributed by atoms with Crippen LogP contribution in [0.1, 0.15) is 5.56 Å². The highest BCUT2D eigenvalue weighted by Crippen LogP contribution is 2.27. The average Bonchev–Trinajstić information content (AvgIpc) is 2.65. The Bertz CT molecular complexity index is 859. The van der Waals surface area contributed by atoms with Gasteiger partial charge in [0, 0.05) is 17.3 Å². The molecule has 5 heteroatoms. The number of rotatable bonds is 6. The molecule has 0 unspecified atom stereocenters. The van der Waals surface area contributed by atoms with Gasteiger partial charge in [-0.2, -0.15) is 5.26 Å². The number of nitrogens with one attached hydrogen (secondary N) is 1. The number of benzene rings is 2. The Labute approximate surface area is 146 Å². The number of carbonyl (C=O) groups excluding carboxylic acids is 1. The standard InChI is InChI=1S/C20H16N2O3/c1-3-11-25-19-13-18(24-2)10-9-15(19)12-16(14-21)20(23)22-17-7-5-4-6-8-17/h1,4-10,12-13H,11H2,2H3,(H,22,23)/b16-12+. The van der Waals surface area contributed by atoms with Crippen LogP contribution in [0.2, 0.25) is 0 Å². The second-order valence-corrected chi connectivity index (χ2v) is 4.89. The van der Waals surface area contributed by atoms with E-state index >= 15 is 0 Å². The smallest absolute Gasteiger partial charge is 0.266 e. The molecule has 2 rings (SSSR count). The van der Waals surface area contributed by atoms with Crippen molar-refractivity contribution < 1.29 is 14.3 Å². The largest absolute Gasteiger partial charge is 0.497 e. The summed E-state index contributed by atoms with van der Waals surface area (Å²) in [6, 6.07) is 15.8. The van der Waals surface area contributed by atoms with E-state index in [0.717, 1.165) is 0 Å². The number of nitrogens with zero attached hydrogens (tertiary/aromatic N) is 1. The first kappa shape index (κ1) is 17.7. The molecule has 25 heavy (non-hydrogen) atoms. The number of ether oxygens (including phenoxy) is 2. The van der Waals surface area contributed by atoms with Crippen molar-refractivity contribution in [2.24, 2.45) is 0 Å². The molecule has 0 aromatic heterocycles. The first-order chi connectivity index (χ1) is 12.2. The van der Waals surface area contributed by atoms with Crippen LogP contribution in [-0.2, 0) is 4.79 Å². The third-order valence-electron chi connectivity index (χ3n) is 3.23. The number of hydrogen-bond acceptors (Lipinski definition) is 4. The lowest BCUT2D eigenvalue weighted by Crippen LogP contribution is -2.13. The molecule has 0 fully saturated rings. The van der Waals surface area contributed by atoms with Crippen LogP contribution in [0, 0.1) is 23.7 Å². The summed E-state index contributed by atoms with van der Waals surface area (Å²) in [6.45, 7) is 0.0616. The van der Waals surface area contributed by atoms with E-state index in [0.29, 0.717) is 22.7 Å². The molecule has 0 bridgehead atoms. The third-order valence-corrected chi connectivity index (χ3v) is 3.23. The van der Waals surface area contributed by atoms with Crippen molar-refractivity contribution in [1.82, 2.24) is 0 Å². The van der Waals surface area contributed by atoms with E-state index in [9.17, 15) is 10.1 Å². The van der Waals surface area contributed by atoms with Crippen molar-refractivity contribution in [2.45, 2.75) is 0 Å². The molecule has 5 nitrogen and oxygen atoms in total. The second kappa shape index (κ2) is 8.81. The maximum Gasteiger partial charge on any atom is 0.266 e. The normalized spacial score (nSPS) is 10.3. The molecular formula is C20H16N2O3. The van der Waals surface area contributed by atoms with Crippen molar-refractivity contribution >= 4 is 17.7 Å². The van der Waals surface area contributed by atoms with Gasteiger partial charge >= 0.3 is 0 Å². The molecule has 0 radical (unpaired) electrons. The van der Waals surface area contributed by atoms with Gasteiger partial charge in [0.2, 0.25) is 0 Å². The van der Waals surface area contributed by atoms with Crippen LogP contribution in [0.25, 0.3) is 6.08 Å². The predicted octanol–water partition coefficient (Wildman–Crippen LogP) is 3.25. The molecule has 0 atom stereocenters. The van der Waals surface area contributed by atoms with Gasteiger partial charge in [0.05, 0.1) is 7.11 Å². The Balaban J connectivity index is 2.30.